The van der Waals surface area contributed by atoms with E-state index >= 15 is 0 Å². The van der Waals surface area contributed by atoms with E-state index in [1.165, 1.54) is 33.2 Å². The number of fused-ring (bicyclic) bond motifs is 10. The van der Waals surface area contributed by atoms with Gasteiger partial charge in [0.15, 0.2) is 0 Å². The number of para-hydroxylation sites is 5. The average Bonchev–Trinajstić information content (AvgIpc) is 3.04. The Balaban J connectivity index is 1.15. The van der Waals surface area contributed by atoms with Crippen LogP contribution in [0.25, 0.3) is 0 Å². The van der Waals surface area contributed by atoms with Gasteiger partial charge in [-0.15, -0.1) is 0 Å². The number of hydrogen-bond donors (Lipinski definition) is 0. The van der Waals surface area contributed by atoms with Gasteiger partial charge in [-0.2, -0.15) is 0 Å². The Bertz CT molecular complexity index is 2130. The third kappa shape index (κ3) is 3.12. The fourth-order valence-electron chi connectivity index (χ4n) is 8.20. The topological polar surface area (TPSA) is 24.9 Å². The Hall–Kier alpha value is -5.42. The lowest BCUT2D eigenvalue weighted by atomic mass is 9.34. The molecule has 5 aliphatic rings. The highest BCUT2D eigenvalue weighted by atomic mass is 16.5. The molecule has 45 heavy (non-hydrogen) atoms. The molecule has 11 rings (SSSR count). The SMILES string of the molecule is c1ccc(N2c3ccccc3N(c3cc4c5c(c3)Oc3c(ccc6c3CC6)B5c3ccc5c(c3O4)CC5)c3ccccc32)cc1. The molecule has 0 amide bonds. The van der Waals surface area contributed by atoms with Crippen molar-refractivity contribution in [3.05, 3.63) is 138 Å². The van der Waals surface area contributed by atoms with E-state index in [4.69, 9.17) is 9.47 Å². The fourth-order valence-corrected chi connectivity index (χ4v) is 8.20. The van der Waals surface area contributed by atoms with Crippen LogP contribution in [0.3, 0.4) is 0 Å². The summed E-state index contributed by atoms with van der Waals surface area (Å²) in [6, 6.07) is 41.7. The summed E-state index contributed by atoms with van der Waals surface area (Å²) in [5.74, 6) is 3.91. The zero-order valence-electron chi connectivity index (χ0n) is 24.6. The Kier molecular flexibility index (Phi) is 4.58. The minimum atomic E-state index is 0.0999. The van der Waals surface area contributed by atoms with Crippen molar-refractivity contribution in [2.45, 2.75) is 25.7 Å². The third-order valence-corrected chi connectivity index (χ3v) is 10.5. The van der Waals surface area contributed by atoms with Gasteiger partial charge in [-0.3, -0.25) is 0 Å². The van der Waals surface area contributed by atoms with Crippen LogP contribution in [0.4, 0.5) is 34.1 Å². The lowest BCUT2D eigenvalue weighted by Crippen LogP contribution is -2.58. The van der Waals surface area contributed by atoms with Crippen LogP contribution >= 0.6 is 0 Å². The molecule has 3 aliphatic heterocycles. The molecule has 0 bridgehead atoms. The van der Waals surface area contributed by atoms with Crippen molar-refractivity contribution in [1.82, 2.24) is 0 Å². The lowest BCUT2D eigenvalue weighted by Gasteiger charge is -2.41. The highest BCUT2D eigenvalue weighted by Crippen LogP contribution is 2.55. The first-order valence-corrected chi connectivity index (χ1v) is 16.0. The van der Waals surface area contributed by atoms with Crippen LogP contribution in [0.5, 0.6) is 23.0 Å². The zero-order valence-corrected chi connectivity index (χ0v) is 24.6. The molecule has 0 atom stereocenters. The number of rotatable bonds is 2. The number of nitrogens with zero attached hydrogens (tertiary/aromatic N) is 2. The molecule has 0 N–H and O–H groups in total. The largest absolute Gasteiger partial charge is 0.458 e. The van der Waals surface area contributed by atoms with Gasteiger partial charge in [0.25, 0.3) is 6.71 Å². The molecule has 0 saturated heterocycles. The monoisotopic (exact) mass is 578 g/mol. The molecular weight excluding hydrogens is 551 g/mol. The predicted octanol–water partition coefficient (Wildman–Crippen LogP) is 7.86. The molecule has 0 unspecified atom stereocenters. The number of hydrogen-bond acceptors (Lipinski definition) is 4. The zero-order chi connectivity index (χ0) is 29.2. The van der Waals surface area contributed by atoms with Crippen LogP contribution in [0, 0.1) is 0 Å². The van der Waals surface area contributed by atoms with Gasteiger partial charge >= 0.3 is 0 Å². The summed E-state index contributed by atoms with van der Waals surface area (Å²) in [4.78, 5) is 4.73. The average molecular weight is 578 g/mol. The van der Waals surface area contributed by atoms with E-state index in [0.29, 0.717) is 0 Å². The molecule has 0 saturated carbocycles. The molecule has 0 fully saturated rings. The van der Waals surface area contributed by atoms with Crippen molar-refractivity contribution in [3.63, 3.8) is 0 Å². The predicted molar refractivity (Wildman–Crippen MR) is 182 cm³/mol. The van der Waals surface area contributed by atoms with Crippen molar-refractivity contribution >= 4 is 57.2 Å². The molecular formula is C40H27BN2O2. The Morgan fingerprint density at radius 3 is 1.40 bits per heavy atom. The van der Waals surface area contributed by atoms with E-state index in [9.17, 15) is 0 Å². The van der Waals surface area contributed by atoms with Gasteiger partial charge in [-0.1, -0.05) is 66.7 Å². The van der Waals surface area contributed by atoms with E-state index in [1.54, 1.807) is 0 Å². The third-order valence-electron chi connectivity index (χ3n) is 10.5. The maximum atomic E-state index is 6.95. The second-order valence-corrected chi connectivity index (χ2v) is 12.7. The second-order valence-electron chi connectivity index (χ2n) is 12.7. The molecule has 212 valence electrons. The van der Waals surface area contributed by atoms with Gasteiger partial charge in [0, 0.05) is 23.3 Å². The smallest absolute Gasteiger partial charge is 0.260 e. The Morgan fingerprint density at radius 2 is 0.933 bits per heavy atom. The Labute approximate surface area is 262 Å². The fraction of sp³-hybridized carbons (Fsp3) is 0.100. The summed E-state index contributed by atoms with van der Waals surface area (Å²) in [6.07, 6.45) is 4.40. The van der Waals surface area contributed by atoms with Crippen LogP contribution in [-0.4, -0.2) is 6.71 Å². The van der Waals surface area contributed by atoms with E-state index < -0.39 is 0 Å². The van der Waals surface area contributed by atoms with E-state index in [0.717, 1.165) is 88.3 Å². The molecule has 6 aromatic carbocycles. The summed E-state index contributed by atoms with van der Waals surface area (Å²) in [5.41, 5.74) is 15.9. The molecule has 0 aromatic heterocycles. The van der Waals surface area contributed by atoms with Crippen LogP contribution < -0.4 is 35.7 Å². The van der Waals surface area contributed by atoms with E-state index in [-0.39, 0.29) is 6.71 Å². The van der Waals surface area contributed by atoms with Crippen LogP contribution in [0.1, 0.15) is 22.3 Å². The van der Waals surface area contributed by atoms with Crippen molar-refractivity contribution in [2.24, 2.45) is 0 Å². The van der Waals surface area contributed by atoms with Crippen molar-refractivity contribution in [3.8, 4) is 23.0 Å². The van der Waals surface area contributed by atoms with Gasteiger partial charge in [0.2, 0.25) is 0 Å². The second kappa shape index (κ2) is 8.61. The van der Waals surface area contributed by atoms with Crippen molar-refractivity contribution in [2.75, 3.05) is 9.80 Å². The number of anilines is 6. The number of aryl methyl sites for hydroxylation is 2. The lowest BCUT2D eigenvalue weighted by molar-refractivity contribution is 0.453. The van der Waals surface area contributed by atoms with Crippen LogP contribution in [0.2, 0.25) is 0 Å². The maximum Gasteiger partial charge on any atom is 0.260 e. The summed E-state index contributed by atoms with van der Waals surface area (Å²) < 4.78 is 13.9. The van der Waals surface area contributed by atoms with Crippen LogP contribution in [-0.2, 0) is 25.7 Å². The Morgan fingerprint density at radius 1 is 0.467 bits per heavy atom. The molecule has 6 aromatic rings. The first-order chi connectivity index (χ1) is 22.3. The first-order valence-electron chi connectivity index (χ1n) is 16.0. The van der Waals surface area contributed by atoms with Crippen molar-refractivity contribution < 1.29 is 9.47 Å². The van der Waals surface area contributed by atoms with Gasteiger partial charge < -0.3 is 19.3 Å². The minimum absolute atomic E-state index is 0.0999. The highest BCUT2D eigenvalue weighted by molar-refractivity contribution is 6.98. The minimum Gasteiger partial charge on any atom is -0.458 e. The summed E-state index contributed by atoms with van der Waals surface area (Å²) in [7, 11) is 0. The van der Waals surface area contributed by atoms with Gasteiger partial charge in [-0.05, 0) is 95.3 Å². The van der Waals surface area contributed by atoms with E-state index in [2.05, 4.69) is 125 Å². The summed E-state index contributed by atoms with van der Waals surface area (Å²) in [5, 5.41) is 0. The van der Waals surface area contributed by atoms with E-state index in [1.807, 2.05) is 0 Å². The van der Waals surface area contributed by atoms with Gasteiger partial charge in [-0.25, -0.2) is 0 Å². The highest BCUT2D eigenvalue weighted by Gasteiger charge is 2.44. The van der Waals surface area contributed by atoms with Gasteiger partial charge in [0.05, 0.1) is 28.4 Å². The van der Waals surface area contributed by atoms with Crippen LogP contribution in [0.15, 0.2) is 115 Å². The summed E-state index contributed by atoms with van der Waals surface area (Å²) in [6.45, 7) is 0.0999. The molecule has 5 heteroatoms. The molecule has 3 heterocycles. The maximum absolute atomic E-state index is 6.95. The molecule has 0 spiro atoms. The standard InChI is InChI=1S/C40H27BN2O2/c1-2-8-26(9-3-1)42-32-10-4-6-12-34(32)43(35-13-7-5-11-33(35)42)27-22-36-38-37(23-27)45-40-29-19-15-25(29)17-21-31(40)41(38)30-20-16-24-14-18-28(24)39(30)44-36/h1-13,16-17,20-23H,14-15,18-19H2. The molecule has 0 radical (unpaired) electrons. The quantitative estimate of drug-likeness (QED) is 0.195. The molecule has 2 aliphatic carbocycles. The number of ether oxygens (including phenoxy) is 2. The van der Waals surface area contributed by atoms with Crippen molar-refractivity contribution in [1.29, 1.82) is 0 Å². The van der Waals surface area contributed by atoms with Gasteiger partial charge in [0.1, 0.15) is 23.0 Å². The number of benzene rings is 6. The molecule has 4 nitrogen and oxygen atoms in total. The first kappa shape index (κ1) is 24.0. The summed E-state index contributed by atoms with van der Waals surface area (Å²) >= 11 is 0. The normalized spacial score (nSPS) is 15.4.